The van der Waals surface area contributed by atoms with Crippen LogP contribution in [0.3, 0.4) is 0 Å². The molecule has 1 fully saturated rings. The van der Waals surface area contributed by atoms with Crippen LogP contribution < -0.4 is 0 Å². The van der Waals surface area contributed by atoms with Crippen molar-refractivity contribution in [3.05, 3.63) is 0 Å². The Balaban J connectivity index is 0. The minimum Gasteiger partial charge on any atom is -0.382 e. The molecule has 1 heterocycles. The van der Waals surface area contributed by atoms with Gasteiger partial charge in [0, 0.05) is 91.6 Å². The van der Waals surface area contributed by atoms with Crippen LogP contribution in [0.15, 0.2) is 0 Å². The van der Waals surface area contributed by atoms with Crippen molar-refractivity contribution in [2.45, 2.75) is 25.1 Å². The summed E-state index contributed by atoms with van der Waals surface area (Å²) >= 11 is 0. The van der Waals surface area contributed by atoms with E-state index in [1.807, 2.05) is 0 Å². The molecule has 1 aliphatic rings. The third-order valence-corrected chi connectivity index (χ3v) is 2.36. The van der Waals surface area contributed by atoms with Gasteiger partial charge in [0.05, 0.1) is 18.8 Å². The molecule has 1 saturated heterocycles. The van der Waals surface area contributed by atoms with E-state index in [2.05, 4.69) is 6.92 Å². The summed E-state index contributed by atoms with van der Waals surface area (Å²) in [5, 5.41) is 0. The van der Waals surface area contributed by atoms with Gasteiger partial charge >= 0.3 is 0 Å². The molecule has 4 radical (unpaired) electrons. The van der Waals surface area contributed by atoms with Crippen molar-refractivity contribution in [2.75, 3.05) is 20.8 Å². The number of rotatable bonds is 3. The largest absolute Gasteiger partial charge is 0.382 e. The van der Waals surface area contributed by atoms with Crippen LogP contribution in [0.5, 0.6) is 0 Å². The summed E-state index contributed by atoms with van der Waals surface area (Å²) in [6.45, 7) is 2.64. The first-order chi connectivity index (χ1) is 5.70. The first-order valence-corrected chi connectivity index (χ1v) is 4.13. The Labute approximate surface area is 138 Å². The van der Waals surface area contributed by atoms with Gasteiger partial charge in [0.15, 0.2) is 0 Å². The molecule has 0 saturated carbocycles. The van der Waals surface area contributed by atoms with Crippen LogP contribution in [0.4, 0.5) is 0 Å². The molecule has 14 heavy (non-hydrogen) atoms. The van der Waals surface area contributed by atoms with Crippen LogP contribution >= 0.6 is 0 Å². The van der Waals surface area contributed by atoms with Gasteiger partial charge < -0.3 is 14.2 Å². The number of hydrogen-bond donors (Lipinski definition) is 0. The first kappa shape index (κ1) is 18.5. The summed E-state index contributed by atoms with van der Waals surface area (Å²) < 4.78 is 15.7. The number of hydrogen-bond acceptors (Lipinski definition) is 3. The average Bonchev–Trinajstić information content (AvgIpc) is 2.29. The van der Waals surface area contributed by atoms with Crippen molar-refractivity contribution in [1.82, 2.24) is 0 Å². The maximum Gasteiger partial charge on any atom is 0.112 e. The summed E-state index contributed by atoms with van der Waals surface area (Å²) in [5.41, 5.74) is 0. The Morgan fingerprint density at radius 2 is 1.86 bits per heavy atom. The van der Waals surface area contributed by atoms with Crippen molar-refractivity contribution in [2.24, 2.45) is 5.92 Å². The van der Waals surface area contributed by atoms with E-state index in [9.17, 15) is 0 Å². The van der Waals surface area contributed by atoms with Crippen LogP contribution in [0, 0.1) is 5.92 Å². The van der Waals surface area contributed by atoms with E-state index in [-0.39, 0.29) is 83.6 Å². The molecule has 0 spiro atoms. The molecule has 6 heteroatoms. The number of ether oxygens (including phenoxy) is 3. The normalized spacial score (nSPS) is 35.9. The van der Waals surface area contributed by atoms with Crippen LogP contribution in [-0.4, -0.2) is 46.9 Å². The van der Waals surface area contributed by atoms with Gasteiger partial charge in [-0.3, -0.25) is 0 Å². The van der Waals surface area contributed by atoms with Gasteiger partial charge in [-0.15, -0.1) is 0 Å². The van der Waals surface area contributed by atoms with Gasteiger partial charge in [0.25, 0.3) is 0 Å². The molecule has 0 aliphatic carbocycles. The minimum absolute atomic E-state index is 0. The topological polar surface area (TPSA) is 27.7 Å². The molecular weight excluding hydrogens is 333 g/mol. The summed E-state index contributed by atoms with van der Waals surface area (Å²) in [6.07, 6.45) is 0.0556. The van der Waals surface area contributed by atoms with Crippen LogP contribution in [0.1, 0.15) is 6.92 Å². The maximum atomic E-state index is 5.70. The molecule has 0 aromatic rings. The third kappa shape index (κ3) is 4.57. The first-order valence-electron chi connectivity index (χ1n) is 4.13. The molecule has 0 amide bonds. The van der Waals surface area contributed by atoms with Crippen LogP contribution in [0.25, 0.3) is 0 Å². The van der Waals surface area contributed by atoms with Crippen molar-refractivity contribution in [1.29, 1.82) is 0 Å². The fraction of sp³-hybridized carbons (Fsp3) is 1.00. The fourth-order valence-corrected chi connectivity index (χ4v) is 1.62. The number of methoxy groups -OCH3 is 2. The molecule has 0 unspecified atom stereocenters. The predicted octanol–water partition coefficient (Wildman–Crippen LogP) is 0.172. The molecule has 0 aromatic carbocycles. The minimum atomic E-state index is -0.315. The molecule has 74 valence electrons. The van der Waals surface area contributed by atoms with E-state index < -0.39 is 0 Å². The van der Waals surface area contributed by atoms with E-state index in [0.29, 0.717) is 12.5 Å². The van der Waals surface area contributed by atoms with E-state index in [0.717, 1.165) is 0 Å². The SMILES string of the molecule is [B][C@@H]1O[C@H](COC)[C@H](C)[C@H]1OC.[Y].[Y]. The van der Waals surface area contributed by atoms with Crippen molar-refractivity contribution < 1.29 is 79.6 Å². The quantitative estimate of drug-likeness (QED) is 0.681. The molecule has 0 N–H and O–H groups in total. The Morgan fingerprint density at radius 3 is 2.21 bits per heavy atom. The van der Waals surface area contributed by atoms with E-state index >= 15 is 0 Å². The average molecular weight is 348 g/mol. The fourth-order valence-electron chi connectivity index (χ4n) is 1.62. The summed E-state index contributed by atoms with van der Waals surface area (Å²) in [6, 6.07) is -0.315. The van der Waals surface area contributed by atoms with Gasteiger partial charge in [-0.25, -0.2) is 0 Å². The zero-order valence-electron chi connectivity index (χ0n) is 8.97. The zero-order chi connectivity index (χ0) is 9.14. The van der Waals surface area contributed by atoms with Crippen LogP contribution in [-0.2, 0) is 79.6 Å². The van der Waals surface area contributed by atoms with Gasteiger partial charge in [-0.1, -0.05) is 6.92 Å². The second-order valence-electron chi connectivity index (χ2n) is 3.15. The molecule has 1 aliphatic heterocycles. The smallest absolute Gasteiger partial charge is 0.112 e. The van der Waals surface area contributed by atoms with Crippen LogP contribution in [0.2, 0.25) is 0 Å². The molecule has 0 bridgehead atoms. The maximum absolute atomic E-state index is 5.70. The molecular formula is C8H15BO3Y2. The summed E-state index contributed by atoms with van der Waals surface area (Å²) in [7, 11) is 9.00. The Bertz CT molecular complexity index is 151. The van der Waals surface area contributed by atoms with Gasteiger partial charge in [-0.2, -0.15) is 0 Å². The molecule has 3 nitrogen and oxygen atoms in total. The monoisotopic (exact) mass is 348 g/mol. The van der Waals surface area contributed by atoms with Crippen molar-refractivity contribution >= 4 is 7.85 Å². The molecule has 4 atom stereocenters. The standard InChI is InChI=1S/C8H15BO3.2Y/c1-5-6(4-10-2)12-8(9)7(5)11-3;;/h5-8H,4H2,1-3H3;;/t5-,6+,7+,8+;;/m0../s1. The summed E-state index contributed by atoms with van der Waals surface area (Å²) in [5.74, 6) is 0.296. The summed E-state index contributed by atoms with van der Waals surface area (Å²) in [4.78, 5) is 0. The van der Waals surface area contributed by atoms with Gasteiger partial charge in [-0.05, 0) is 0 Å². The molecule has 0 aromatic heterocycles. The Morgan fingerprint density at radius 1 is 1.29 bits per heavy atom. The second kappa shape index (κ2) is 9.21. The van der Waals surface area contributed by atoms with Crippen molar-refractivity contribution in [3.8, 4) is 0 Å². The van der Waals surface area contributed by atoms with Crippen molar-refractivity contribution in [3.63, 3.8) is 0 Å². The predicted molar refractivity (Wildman–Crippen MR) is 46.3 cm³/mol. The zero-order valence-corrected chi connectivity index (χ0v) is 14.6. The Kier molecular flexibility index (Phi) is 12.2. The third-order valence-electron chi connectivity index (χ3n) is 2.36. The Hall–Kier alpha value is 2.15. The van der Waals surface area contributed by atoms with Gasteiger partial charge in [0.2, 0.25) is 0 Å². The van der Waals surface area contributed by atoms with Gasteiger partial charge in [0.1, 0.15) is 7.85 Å². The van der Waals surface area contributed by atoms with E-state index in [1.54, 1.807) is 14.2 Å². The second-order valence-corrected chi connectivity index (χ2v) is 3.15. The van der Waals surface area contributed by atoms with E-state index in [4.69, 9.17) is 22.1 Å². The molecule has 1 rings (SSSR count). The van der Waals surface area contributed by atoms with E-state index in [1.165, 1.54) is 0 Å².